The molecule has 0 spiro atoms. The summed E-state index contributed by atoms with van der Waals surface area (Å²) in [5.74, 6) is -0.102. The van der Waals surface area contributed by atoms with Crippen molar-refractivity contribution in [3.63, 3.8) is 0 Å². The van der Waals surface area contributed by atoms with Crippen molar-refractivity contribution in [3.05, 3.63) is 57.8 Å². The Morgan fingerprint density at radius 3 is 2.96 bits per heavy atom. The molecular weight excluding hydrogens is 308 g/mol. The first-order chi connectivity index (χ1) is 11.2. The Balaban J connectivity index is 1.38. The van der Waals surface area contributed by atoms with E-state index in [1.807, 2.05) is 41.7 Å². The Labute approximate surface area is 140 Å². The van der Waals surface area contributed by atoms with Crippen LogP contribution in [0.1, 0.15) is 28.5 Å². The third-order valence-corrected chi connectivity index (χ3v) is 5.22. The number of hydrogen-bond acceptors (Lipinski definition) is 4. The highest BCUT2D eigenvalue weighted by atomic mass is 32.1. The topological polar surface area (TPSA) is 52.6 Å². The highest BCUT2D eigenvalue weighted by Gasteiger charge is 2.17. The van der Waals surface area contributed by atoms with Gasteiger partial charge < -0.3 is 10.4 Å². The summed E-state index contributed by atoms with van der Waals surface area (Å²) < 4.78 is 0. The van der Waals surface area contributed by atoms with Gasteiger partial charge in [0.25, 0.3) is 0 Å². The van der Waals surface area contributed by atoms with Crippen LogP contribution in [-0.4, -0.2) is 35.5 Å². The quantitative estimate of drug-likeness (QED) is 0.855. The molecule has 1 aliphatic rings. The number of rotatable bonds is 6. The van der Waals surface area contributed by atoms with Gasteiger partial charge in [0.2, 0.25) is 5.91 Å². The predicted molar refractivity (Wildman–Crippen MR) is 92.3 cm³/mol. The van der Waals surface area contributed by atoms with Crippen LogP contribution in [0.2, 0.25) is 0 Å². The molecular formula is C18H22N2O2S. The van der Waals surface area contributed by atoms with Crippen molar-refractivity contribution >= 4 is 17.2 Å². The number of benzene rings is 1. The molecule has 3 rings (SSSR count). The normalized spacial score (nSPS) is 15.9. The van der Waals surface area contributed by atoms with Gasteiger partial charge in [0, 0.05) is 31.1 Å². The molecule has 1 amide bonds. The van der Waals surface area contributed by atoms with Crippen LogP contribution in [0.5, 0.6) is 0 Å². The molecule has 2 N–H and O–H groups in total. The Hall–Kier alpha value is -1.69. The van der Waals surface area contributed by atoms with E-state index in [1.165, 1.54) is 10.4 Å². The van der Waals surface area contributed by atoms with Gasteiger partial charge in [0.1, 0.15) is 0 Å². The second kappa shape index (κ2) is 7.73. The number of hydrogen-bond donors (Lipinski definition) is 2. The largest absolute Gasteiger partial charge is 0.388 e. The average Bonchev–Trinajstić information content (AvgIpc) is 3.03. The number of nitrogens with zero attached hydrogens (tertiary/aromatic N) is 1. The molecule has 1 atom stereocenters. The zero-order valence-electron chi connectivity index (χ0n) is 13.1. The predicted octanol–water partition coefficient (Wildman–Crippen LogP) is 2.35. The average molecular weight is 330 g/mol. The van der Waals surface area contributed by atoms with Crippen LogP contribution in [-0.2, 0) is 17.8 Å². The lowest BCUT2D eigenvalue weighted by molar-refractivity contribution is -0.123. The molecule has 0 aliphatic carbocycles. The molecule has 2 aromatic rings. The fourth-order valence-electron chi connectivity index (χ4n) is 2.89. The zero-order valence-corrected chi connectivity index (χ0v) is 13.9. The number of aliphatic hydroxyl groups excluding tert-OH is 1. The van der Waals surface area contributed by atoms with Crippen molar-refractivity contribution in [2.75, 3.05) is 19.6 Å². The van der Waals surface area contributed by atoms with Crippen molar-refractivity contribution < 1.29 is 9.90 Å². The molecule has 0 saturated heterocycles. The molecule has 4 nitrogen and oxygen atoms in total. The van der Waals surface area contributed by atoms with Crippen LogP contribution < -0.4 is 5.32 Å². The van der Waals surface area contributed by atoms with E-state index >= 15 is 0 Å². The molecule has 122 valence electrons. The second-order valence-corrected chi connectivity index (χ2v) is 6.88. The van der Waals surface area contributed by atoms with Gasteiger partial charge in [-0.3, -0.25) is 9.69 Å². The van der Waals surface area contributed by atoms with E-state index in [0.29, 0.717) is 6.54 Å². The molecule has 2 heterocycles. The molecule has 23 heavy (non-hydrogen) atoms. The molecule has 0 radical (unpaired) electrons. The molecule has 1 aromatic heterocycles. The van der Waals surface area contributed by atoms with Crippen LogP contribution in [0.3, 0.4) is 0 Å². The van der Waals surface area contributed by atoms with Crippen molar-refractivity contribution in [2.24, 2.45) is 0 Å². The first-order valence-electron chi connectivity index (χ1n) is 7.99. The van der Waals surface area contributed by atoms with Crippen LogP contribution in [0, 0.1) is 0 Å². The fraction of sp³-hybridized carbons (Fsp3) is 0.389. The van der Waals surface area contributed by atoms with E-state index in [9.17, 15) is 9.90 Å². The monoisotopic (exact) mass is 330 g/mol. The fourth-order valence-corrected chi connectivity index (χ4v) is 3.78. The van der Waals surface area contributed by atoms with E-state index in [4.69, 9.17) is 0 Å². The minimum absolute atomic E-state index is 0.102. The Kier molecular flexibility index (Phi) is 5.43. The lowest BCUT2D eigenvalue weighted by Gasteiger charge is -2.26. The van der Waals surface area contributed by atoms with E-state index in [-0.39, 0.29) is 12.3 Å². The third kappa shape index (κ3) is 4.41. The minimum atomic E-state index is -0.737. The van der Waals surface area contributed by atoms with Gasteiger partial charge in [-0.15, -0.1) is 11.3 Å². The lowest BCUT2D eigenvalue weighted by atomic mass is 10.1. The molecule has 0 fully saturated rings. The van der Waals surface area contributed by atoms with Gasteiger partial charge in [-0.05, 0) is 29.0 Å². The van der Waals surface area contributed by atoms with Crippen molar-refractivity contribution in [3.8, 4) is 0 Å². The van der Waals surface area contributed by atoms with E-state index < -0.39 is 6.10 Å². The summed E-state index contributed by atoms with van der Waals surface area (Å²) in [4.78, 5) is 15.8. The van der Waals surface area contributed by atoms with Gasteiger partial charge in [-0.25, -0.2) is 0 Å². The summed E-state index contributed by atoms with van der Waals surface area (Å²) in [6.45, 7) is 3.50. The Bertz CT molecular complexity index is 641. The highest BCUT2D eigenvalue weighted by Crippen LogP contribution is 2.23. The maximum atomic E-state index is 11.9. The summed E-state index contributed by atoms with van der Waals surface area (Å²) >= 11 is 1.84. The number of aliphatic hydroxyl groups is 1. The number of carbonyl (C=O) groups excluding carboxylic acids is 1. The number of fused-ring (bicyclic) bond motifs is 1. The summed E-state index contributed by atoms with van der Waals surface area (Å²) in [5.41, 5.74) is 2.20. The van der Waals surface area contributed by atoms with Crippen LogP contribution in [0.4, 0.5) is 0 Å². The Morgan fingerprint density at radius 1 is 1.30 bits per heavy atom. The number of carbonyl (C=O) groups is 1. The van der Waals surface area contributed by atoms with Gasteiger partial charge in [0.15, 0.2) is 0 Å². The first-order valence-corrected chi connectivity index (χ1v) is 8.87. The summed E-state index contributed by atoms with van der Waals surface area (Å²) in [6, 6.07) is 11.5. The smallest absolute Gasteiger partial charge is 0.223 e. The molecule has 0 bridgehead atoms. The number of nitrogens with one attached hydrogen (secondary N) is 1. The first kappa shape index (κ1) is 16.2. The summed E-state index contributed by atoms with van der Waals surface area (Å²) in [5, 5.41) is 15.1. The maximum absolute atomic E-state index is 11.9. The van der Waals surface area contributed by atoms with Crippen molar-refractivity contribution in [2.45, 2.75) is 25.5 Å². The Morgan fingerprint density at radius 2 is 2.13 bits per heavy atom. The van der Waals surface area contributed by atoms with Crippen molar-refractivity contribution in [1.29, 1.82) is 0 Å². The van der Waals surface area contributed by atoms with Crippen LogP contribution >= 0.6 is 11.3 Å². The summed E-state index contributed by atoms with van der Waals surface area (Å²) in [6.07, 6.45) is 0.478. The van der Waals surface area contributed by atoms with E-state index in [1.54, 1.807) is 0 Å². The third-order valence-electron chi connectivity index (χ3n) is 4.20. The highest BCUT2D eigenvalue weighted by molar-refractivity contribution is 7.10. The van der Waals surface area contributed by atoms with Gasteiger partial charge in [0.05, 0.1) is 12.5 Å². The van der Waals surface area contributed by atoms with E-state index in [0.717, 1.165) is 31.6 Å². The molecule has 5 heteroatoms. The standard InChI is InChI=1S/C18H22N2O2S/c21-16(14-4-2-1-3-5-14)12-18(22)19-8-10-20-9-6-17-15(13-20)7-11-23-17/h1-5,7,11,16,21H,6,8-10,12-13H2,(H,19,22). The van der Waals surface area contributed by atoms with Gasteiger partial charge in [-0.2, -0.15) is 0 Å². The molecule has 1 aliphatic heterocycles. The van der Waals surface area contributed by atoms with Gasteiger partial charge in [-0.1, -0.05) is 30.3 Å². The van der Waals surface area contributed by atoms with Crippen LogP contribution in [0.25, 0.3) is 0 Å². The molecule has 1 aromatic carbocycles. The van der Waals surface area contributed by atoms with Gasteiger partial charge >= 0.3 is 0 Å². The van der Waals surface area contributed by atoms with Crippen molar-refractivity contribution in [1.82, 2.24) is 10.2 Å². The lowest BCUT2D eigenvalue weighted by Crippen LogP contribution is -2.37. The zero-order chi connectivity index (χ0) is 16.1. The van der Waals surface area contributed by atoms with E-state index in [2.05, 4.69) is 21.7 Å². The number of thiophene rings is 1. The molecule has 1 unspecified atom stereocenters. The SMILES string of the molecule is O=C(CC(O)c1ccccc1)NCCN1CCc2sccc2C1. The van der Waals surface area contributed by atoms with Crippen LogP contribution in [0.15, 0.2) is 41.8 Å². The number of amides is 1. The minimum Gasteiger partial charge on any atom is -0.388 e. The summed E-state index contributed by atoms with van der Waals surface area (Å²) in [7, 11) is 0. The maximum Gasteiger partial charge on any atom is 0.223 e. The molecule has 0 saturated carbocycles. The second-order valence-electron chi connectivity index (χ2n) is 5.88.